The van der Waals surface area contributed by atoms with Gasteiger partial charge in [-0.25, -0.2) is 4.79 Å². The highest BCUT2D eigenvalue weighted by Crippen LogP contribution is 2.33. The van der Waals surface area contributed by atoms with Crippen LogP contribution in [-0.4, -0.2) is 29.7 Å². The Labute approximate surface area is 177 Å². The molecule has 0 radical (unpaired) electrons. The summed E-state index contributed by atoms with van der Waals surface area (Å²) in [5.41, 5.74) is 5.60. The number of fused-ring (bicyclic) bond motifs is 1. The van der Waals surface area contributed by atoms with Gasteiger partial charge in [-0.2, -0.15) is 0 Å². The van der Waals surface area contributed by atoms with E-state index in [1.54, 1.807) is 17.0 Å². The van der Waals surface area contributed by atoms with Crippen molar-refractivity contribution in [2.75, 3.05) is 11.9 Å². The first-order chi connectivity index (χ1) is 14.0. The zero-order chi connectivity index (χ0) is 20.4. The van der Waals surface area contributed by atoms with Crippen LogP contribution in [0.15, 0.2) is 23.6 Å². The summed E-state index contributed by atoms with van der Waals surface area (Å²) in [4.78, 5) is 38.1. The molecule has 2 aromatic rings. The van der Waals surface area contributed by atoms with Gasteiger partial charge < -0.3 is 15.5 Å². The number of nitrogens with one attached hydrogen (secondary N) is 3. The average Bonchev–Trinajstić information content (AvgIpc) is 3.10. The van der Waals surface area contributed by atoms with Crippen molar-refractivity contribution in [3.05, 3.63) is 50.2 Å². The van der Waals surface area contributed by atoms with E-state index >= 15 is 0 Å². The summed E-state index contributed by atoms with van der Waals surface area (Å²) in [7, 11) is 0. The molecule has 0 unspecified atom stereocenters. The molecule has 1 aromatic carbocycles. The van der Waals surface area contributed by atoms with Crippen LogP contribution < -0.4 is 16.3 Å². The second-order valence-electron chi connectivity index (χ2n) is 6.92. The van der Waals surface area contributed by atoms with Gasteiger partial charge in [-0.1, -0.05) is 23.3 Å². The van der Waals surface area contributed by atoms with E-state index in [1.807, 2.05) is 18.4 Å². The van der Waals surface area contributed by atoms with Gasteiger partial charge in [0.2, 0.25) is 0 Å². The summed E-state index contributed by atoms with van der Waals surface area (Å²) in [6.07, 6.45) is 1.11. The maximum absolute atomic E-state index is 12.7. The number of carbonyl (C=O) groups is 2. The van der Waals surface area contributed by atoms with E-state index in [9.17, 15) is 9.59 Å². The first kappa shape index (κ1) is 20.1. The smallest absolute Gasteiger partial charge is 0.319 e. The number of thiophene rings is 1. The van der Waals surface area contributed by atoms with E-state index in [0.29, 0.717) is 42.4 Å². The lowest BCUT2D eigenvalue weighted by Crippen LogP contribution is -2.39. The van der Waals surface area contributed by atoms with Crippen LogP contribution in [0.1, 0.15) is 39.2 Å². The molecule has 1 aromatic heterocycles. The van der Waals surface area contributed by atoms with E-state index in [-0.39, 0.29) is 18.2 Å². The summed E-state index contributed by atoms with van der Waals surface area (Å²) in [6.45, 7) is 3.24. The van der Waals surface area contributed by atoms with Crippen molar-refractivity contribution in [1.82, 2.24) is 15.9 Å². The van der Waals surface area contributed by atoms with Crippen molar-refractivity contribution in [3.63, 3.8) is 0 Å². The molecule has 1 atom stereocenters. The Balaban J connectivity index is 1.38. The van der Waals surface area contributed by atoms with Gasteiger partial charge in [0.25, 0.3) is 5.91 Å². The summed E-state index contributed by atoms with van der Waals surface area (Å²) >= 11 is 7.62. The second kappa shape index (κ2) is 8.68. The van der Waals surface area contributed by atoms with Crippen molar-refractivity contribution in [2.24, 2.45) is 0 Å². The third-order valence-electron chi connectivity index (χ3n) is 4.87. The van der Waals surface area contributed by atoms with Crippen molar-refractivity contribution in [2.45, 2.75) is 39.1 Å². The quantitative estimate of drug-likeness (QED) is 0.681. The lowest BCUT2D eigenvalue weighted by Gasteiger charge is -2.25. The Kier molecular flexibility index (Phi) is 6.02. The molecule has 1 saturated heterocycles. The minimum absolute atomic E-state index is 0.0629. The minimum atomic E-state index is -0.379. The summed E-state index contributed by atoms with van der Waals surface area (Å²) in [5, 5.41) is 7.90. The zero-order valence-corrected chi connectivity index (χ0v) is 17.4. The fraction of sp³-hybridized carbons (Fsp3) is 0.368. The molecule has 154 valence electrons. The molecule has 0 saturated carbocycles. The molecule has 29 heavy (non-hydrogen) atoms. The van der Waals surface area contributed by atoms with Gasteiger partial charge in [0, 0.05) is 15.8 Å². The second-order valence-corrected chi connectivity index (χ2v) is 8.29. The molecule has 3 N–H and O–H groups in total. The Bertz CT molecular complexity index is 927. The predicted molar refractivity (Wildman–Crippen MR) is 109 cm³/mol. The Morgan fingerprint density at radius 1 is 1.45 bits per heavy atom. The van der Waals surface area contributed by atoms with Gasteiger partial charge in [0.05, 0.1) is 36.0 Å². The molecule has 3 amide bonds. The van der Waals surface area contributed by atoms with Crippen LogP contribution >= 0.6 is 22.9 Å². The van der Waals surface area contributed by atoms with E-state index in [2.05, 4.69) is 16.3 Å². The van der Waals surface area contributed by atoms with Crippen molar-refractivity contribution in [1.29, 1.82) is 0 Å². The van der Waals surface area contributed by atoms with Crippen LogP contribution in [0.2, 0.25) is 5.02 Å². The summed E-state index contributed by atoms with van der Waals surface area (Å²) in [5.74, 6) is -0.0629. The average molecular weight is 437 g/mol. The molecule has 0 bridgehead atoms. The van der Waals surface area contributed by atoms with Crippen molar-refractivity contribution in [3.8, 4) is 0 Å². The fourth-order valence-corrected chi connectivity index (χ4v) is 4.60. The molecule has 0 aliphatic carbocycles. The van der Waals surface area contributed by atoms with Crippen molar-refractivity contribution < 1.29 is 19.3 Å². The largest absolute Gasteiger partial charge is 0.333 e. The van der Waals surface area contributed by atoms with E-state index in [0.717, 1.165) is 22.4 Å². The maximum Gasteiger partial charge on any atom is 0.319 e. The SMILES string of the molecule is Cc1ccc(NC(=O)NCc2scc3c2CN([C@@H]2CCCONO2)C3=O)c(Cl)c1. The van der Waals surface area contributed by atoms with Gasteiger partial charge in [-0.15, -0.1) is 11.3 Å². The van der Waals surface area contributed by atoms with Gasteiger partial charge >= 0.3 is 6.03 Å². The number of nitrogens with zero attached hydrogens (tertiary/aromatic N) is 1. The van der Waals surface area contributed by atoms with Crippen LogP contribution in [-0.2, 0) is 22.8 Å². The number of aryl methyl sites for hydroxylation is 1. The molecule has 1 fully saturated rings. The number of carbonyl (C=O) groups excluding carboxylic acids is 2. The molecule has 0 spiro atoms. The lowest BCUT2D eigenvalue weighted by atomic mass is 10.2. The number of rotatable bonds is 4. The molecule has 4 rings (SSSR count). The highest BCUT2D eigenvalue weighted by atomic mass is 35.5. The Morgan fingerprint density at radius 3 is 3.14 bits per heavy atom. The van der Waals surface area contributed by atoms with Gasteiger partial charge in [-0.3, -0.25) is 14.5 Å². The molecule has 3 heterocycles. The summed E-state index contributed by atoms with van der Waals surface area (Å²) in [6, 6.07) is 5.08. The molecule has 10 heteroatoms. The first-order valence-electron chi connectivity index (χ1n) is 9.26. The van der Waals surface area contributed by atoms with Gasteiger partial charge in [-0.05, 0) is 37.5 Å². The van der Waals surface area contributed by atoms with Crippen LogP contribution in [0.4, 0.5) is 10.5 Å². The predicted octanol–water partition coefficient (Wildman–Crippen LogP) is 3.56. The minimum Gasteiger partial charge on any atom is -0.333 e. The van der Waals surface area contributed by atoms with Gasteiger partial charge in [0.15, 0.2) is 6.23 Å². The number of hydrogen-bond acceptors (Lipinski definition) is 6. The molecular weight excluding hydrogens is 416 g/mol. The van der Waals surface area contributed by atoms with Gasteiger partial charge in [0.1, 0.15) is 0 Å². The lowest BCUT2D eigenvalue weighted by molar-refractivity contribution is -0.207. The molecule has 2 aliphatic heterocycles. The van der Waals surface area contributed by atoms with Crippen LogP contribution in [0.5, 0.6) is 0 Å². The number of amides is 3. The van der Waals surface area contributed by atoms with E-state index in [1.165, 1.54) is 11.3 Å². The third-order valence-corrected chi connectivity index (χ3v) is 6.21. The molecule has 2 aliphatic rings. The highest BCUT2D eigenvalue weighted by molar-refractivity contribution is 7.10. The zero-order valence-electron chi connectivity index (χ0n) is 15.8. The number of benzene rings is 1. The topological polar surface area (TPSA) is 91.9 Å². The normalized spacial score (nSPS) is 19.0. The number of hydrogen-bond donors (Lipinski definition) is 3. The van der Waals surface area contributed by atoms with E-state index < -0.39 is 0 Å². The molecular formula is C19H21ClN4O4S. The molecule has 8 nitrogen and oxygen atoms in total. The van der Waals surface area contributed by atoms with Crippen molar-refractivity contribution >= 4 is 40.6 Å². The fourth-order valence-electron chi connectivity index (χ4n) is 3.34. The maximum atomic E-state index is 12.7. The van der Waals surface area contributed by atoms with Crippen LogP contribution in [0.25, 0.3) is 0 Å². The van der Waals surface area contributed by atoms with E-state index in [4.69, 9.17) is 21.3 Å². The number of anilines is 1. The standard InChI is InChI=1S/C19H21ClN4O4S/c1-11-4-5-15(14(20)7-11)22-19(26)21-8-16-12-9-24(18(25)13(12)10-29-16)17-3-2-6-27-23-28-17/h4-5,7,10,17,23H,2-3,6,8-9H2,1H3,(H2,21,22,26)/t17-/m0/s1. The number of halogens is 1. The Hall–Kier alpha value is -2.17. The van der Waals surface area contributed by atoms with Crippen LogP contribution in [0, 0.1) is 6.92 Å². The van der Waals surface area contributed by atoms with Crippen LogP contribution in [0.3, 0.4) is 0 Å². The first-order valence-corrected chi connectivity index (χ1v) is 10.5. The highest BCUT2D eigenvalue weighted by Gasteiger charge is 2.36. The Morgan fingerprint density at radius 2 is 2.31 bits per heavy atom. The number of urea groups is 1. The third kappa shape index (κ3) is 4.39. The summed E-state index contributed by atoms with van der Waals surface area (Å²) < 4.78 is 0. The monoisotopic (exact) mass is 436 g/mol.